The lowest BCUT2D eigenvalue weighted by Gasteiger charge is -2.10. The maximum Gasteiger partial charge on any atom is 0.244 e. The molecule has 0 unspecified atom stereocenters. The number of para-hydroxylation sites is 1. The second kappa shape index (κ2) is 8.35. The van der Waals surface area contributed by atoms with Gasteiger partial charge >= 0.3 is 0 Å². The summed E-state index contributed by atoms with van der Waals surface area (Å²) in [6, 6.07) is 22.4. The van der Waals surface area contributed by atoms with E-state index in [0.717, 1.165) is 23.1 Å². The molecule has 28 heavy (non-hydrogen) atoms. The van der Waals surface area contributed by atoms with Crippen molar-refractivity contribution >= 4 is 22.8 Å². The van der Waals surface area contributed by atoms with Gasteiger partial charge in [0.15, 0.2) is 0 Å². The summed E-state index contributed by atoms with van der Waals surface area (Å²) in [4.78, 5) is 16.4. The van der Waals surface area contributed by atoms with Crippen molar-refractivity contribution in [2.75, 3.05) is 6.54 Å². The molecule has 1 heterocycles. The van der Waals surface area contributed by atoms with Crippen molar-refractivity contribution in [1.82, 2.24) is 14.9 Å². The normalized spacial score (nSPS) is 11.1. The van der Waals surface area contributed by atoms with Crippen LogP contribution in [0.2, 0.25) is 0 Å². The largest absolute Gasteiger partial charge is 0.352 e. The number of amides is 1. The smallest absolute Gasteiger partial charge is 0.244 e. The zero-order valence-corrected chi connectivity index (χ0v) is 15.5. The van der Waals surface area contributed by atoms with Crippen LogP contribution in [0.4, 0.5) is 0 Å². The number of nitrogens with zero attached hydrogens (tertiary/aromatic N) is 2. The molecule has 1 N–H and O–H groups in total. The zero-order chi connectivity index (χ0) is 19.2. The molecule has 0 saturated carbocycles. The molecule has 4 rings (SSSR count). The molecule has 0 spiro atoms. The highest BCUT2D eigenvalue weighted by Gasteiger charge is 2.04. The summed E-state index contributed by atoms with van der Waals surface area (Å²) < 4.78 is 1.98. The Morgan fingerprint density at radius 2 is 1.82 bits per heavy atom. The summed E-state index contributed by atoms with van der Waals surface area (Å²) >= 11 is 0. The Balaban J connectivity index is 1.39. The third kappa shape index (κ3) is 4.01. The first-order chi connectivity index (χ1) is 13.8. The highest BCUT2D eigenvalue weighted by atomic mass is 16.1. The molecule has 0 saturated heterocycles. The van der Waals surface area contributed by atoms with Crippen molar-refractivity contribution in [1.29, 1.82) is 0 Å². The van der Waals surface area contributed by atoms with Crippen molar-refractivity contribution < 1.29 is 4.79 Å². The third-order valence-corrected chi connectivity index (χ3v) is 4.71. The van der Waals surface area contributed by atoms with Crippen molar-refractivity contribution in [2.24, 2.45) is 0 Å². The molecular weight excluding hydrogens is 346 g/mol. The lowest BCUT2D eigenvalue weighted by atomic mass is 10.0. The molecule has 4 heteroatoms. The van der Waals surface area contributed by atoms with Gasteiger partial charge in [-0.2, -0.15) is 0 Å². The highest BCUT2D eigenvalue weighted by molar-refractivity contribution is 5.96. The predicted octanol–water partition coefficient (Wildman–Crippen LogP) is 4.40. The van der Waals surface area contributed by atoms with E-state index in [-0.39, 0.29) is 5.91 Å². The summed E-state index contributed by atoms with van der Waals surface area (Å²) in [6.45, 7) is 0.574. The lowest BCUT2D eigenvalue weighted by Crippen LogP contribution is -2.23. The van der Waals surface area contributed by atoms with Gasteiger partial charge in [0, 0.05) is 30.7 Å². The molecule has 0 aliphatic carbocycles. The van der Waals surface area contributed by atoms with Crippen molar-refractivity contribution in [3.05, 3.63) is 103 Å². The molecule has 0 radical (unpaired) electrons. The SMILES string of the molecule is O=C(/C=C/c1cccc2ccccc12)NCCc1ccccc1-n1ccnc1. The maximum absolute atomic E-state index is 12.2. The molecule has 4 aromatic rings. The fourth-order valence-corrected chi connectivity index (χ4v) is 3.32. The minimum atomic E-state index is -0.0898. The molecule has 0 aliphatic rings. The Kier molecular flexibility index (Phi) is 5.29. The lowest BCUT2D eigenvalue weighted by molar-refractivity contribution is -0.116. The van der Waals surface area contributed by atoms with Gasteiger partial charge in [0.05, 0.1) is 6.33 Å². The van der Waals surface area contributed by atoms with Crippen LogP contribution in [0.1, 0.15) is 11.1 Å². The van der Waals surface area contributed by atoms with Crippen LogP contribution < -0.4 is 5.32 Å². The van der Waals surface area contributed by atoms with E-state index >= 15 is 0 Å². The van der Waals surface area contributed by atoms with Crippen molar-refractivity contribution in [3.8, 4) is 5.69 Å². The van der Waals surface area contributed by atoms with Gasteiger partial charge in [-0.3, -0.25) is 4.79 Å². The average Bonchev–Trinajstić information content (AvgIpc) is 3.27. The third-order valence-electron chi connectivity index (χ3n) is 4.71. The zero-order valence-electron chi connectivity index (χ0n) is 15.5. The topological polar surface area (TPSA) is 46.9 Å². The summed E-state index contributed by atoms with van der Waals surface area (Å²) in [5.41, 5.74) is 3.29. The van der Waals surface area contributed by atoms with E-state index in [0.29, 0.717) is 6.54 Å². The number of hydrogen-bond acceptors (Lipinski definition) is 2. The summed E-state index contributed by atoms with van der Waals surface area (Å²) in [7, 11) is 0. The average molecular weight is 367 g/mol. The number of carbonyl (C=O) groups excluding carboxylic acids is 1. The standard InChI is InChI=1S/C24H21N3O/c28-24(13-12-20-9-5-8-19-6-1-3-10-22(19)20)26-15-14-21-7-2-4-11-23(21)27-17-16-25-18-27/h1-13,16-18H,14-15H2,(H,26,28)/b13-12+. The highest BCUT2D eigenvalue weighted by Crippen LogP contribution is 2.19. The van der Waals surface area contributed by atoms with Crippen LogP contribution >= 0.6 is 0 Å². The Morgan fingerprint density at radius 3 is 2.71 bits per heavy atom. The summed E-state index contributed by atoms with van der Waals surface area (Å²) in [5, 5.41) is 5.28. The van der Waals surface area contributed by atoms with Gasteiger partial charge in [-0.05, 0) is 40.5 Å². The first kappa shape index (κ1) is 17.7. The molecule has 4 nitrogen and oxygen atoms in total. The fraction of sp³-hybridized carbons (Fsp3) is 0.0833. The Hall–Kier alpha value is -3.66. The van der Waals surface area contributed by atoms with E-state index in [2.05, 4.69) is 40.6 Å². The summed E-state index contributed by atoms with van der Waals surface area (Å²) in [6.07, 6.45) is 9.69. The van der Waals surface area contributed by atoms with Gasteiger partial charge in [0.1, 0.15) is 0 Å². The Morgan fingerprint density at radius 1 is 1.00 bits per heavy atom. The van der Waals surface area contributed by atoms with Crippen molar-refractivity contribution in [3.63, 3.8) is 0 Å². The van der Waals surface area contributed by atoms with Crippen LogP contribution in [0.25, 0.3) is 22.5 Å². The molecule has 0 aliphatic heterocycles. The first-order valence-electron chi connectivity index (χ1n) is 9.31. The predicted molar refractivity (Wildman–Crippen MR) is 113 cm³/mol. The number of carbonyl (C=O) groups is 1. The van der Waals surface area contributed by atoms with Crippen LogP contribution in [0.5, 0.6) is 0 Å². The van der Waals surface area contributed by atoms with Crippen LogP contribution in [0.3, 0.4) is 0 Å². The molecule has 0 fully saturated rings. The van der Waals surface area contributed by atoms with Gasteiger partial charge in [-0.15, -0.1) is 0 Å². The molecule has 0 bridgehead atoms. The van der Waals surface area contributed by atoms with Gasteiger partial charge in [-0.1, -0.05) is 60.7 Å². The van der Waals surface area contributed by atoms with E-state index in [1.807, 2.05) is 53.2 Å². The van der Waals surface area contributed by atoms with Crippen molar-refractivity contribution in [2.45, 2.75) is 6.42 Å². The maximum atomic E-state index is 12.2. The van der Waals surface area contributed by atoms with E-state index < -0.39 is 0 Å². The van der Waals surface area contributed by atoms with Crippen LogP contribution in [0.15, 0.2) is 91.5 Å². The molecule has 138 valence electrons. The van der Waals surface area contributed by atoms with E-state index in [1.165, 1.54) is 10.9 Å². The minimum Gasteiger partial charge on any atom is -0.352 e. The number of aromatic nitrogens is 2. The number of nitrogens with one attached hydrogen (secondary N) is 1. The monoisotopic (exact) mass is 367 g/mol. The van der Waals surface area contributed by atoms with Gasteiger partial charge in [-0.25, -0.2) is 4.98 Å². The quantitative estimate of drug-likeness (QED) is 0.514. The second-order valence-electron chi connectivity index (χ2n) is 6.54. The fourth-order valence-electron chi connectivity index (χ4n) is 3.32. The van der Waals surface area contributed by atoms with Crippen LogP contribution in [-0.4, -0.2) is 22.0 Å². The molecule has 1 amide bonds. The molecule has 3 aromatic carbocycles. The Labute approximate surface area is 164 Å². The number of hydrogen-bond donors (Lipinski definition) is 1. The number of fused-ring (bicyclic) bond motifs is 1. The van der Waals surface area contributed by atoms with E-state index in [4.69, 9.17) is 0 Å². The van der Waals surface area contributed by atoms with Gasteiger partial charge in [0.2, 0.25) is 5.91 Å². The van der Waals surface area contributed by atoms with E-state index in [1.54, 1.807) is 18.6 Å². The Bertz CT molecular complexity index is 1110. The second-order valence-corrected chi connectivity index (χ2v) is 6.54. The first-order valence-corrected chi connectivity index (χ1v) is 9.31. The minimum absolute atomic E-state index is 0.0898. The van der Waals surface area contributed by atoms with Crippen LogP contribution in [0, 0.1) is 0 Å². The number of rotatable bonds is 6. The van der Waals surface area contributed by atoms with Crippen LogP contribution in [-0.2, 0) is 11.2 Å². The van der Waals surface area contributed by atoms with E-state index in [9.17, 15) is 4.79 Å². The van der Waals surface area contributed by atoms with Gasteiger partial charge < -0.3 is 9.88 Å². The molecule has 1 aromatic heterocycles. The molecule has 0 atom stereocenters. The number of benzene rings is 3. The van der Waals surface area contributed by atoms with Gasteiger partial charge in [0.25, 0.3) is 0 Å². The molecular formula is C24H21N3O. The number of imidazole rings is 1. The summed E-state index contributed by atoms with van der Waals surface area (Å²) in [5.74, 6) is -0.0898.